The van der Waals surface area contributed by atoms with Crippen molar-refractivity contribution in [2.45, 2.75) is 101 Å². The van der Waals surface area contributed by atoms with Crippen LogP contribution < -0.4 is 0 Å². The third-order valence-electron chi connectivity index (χ3n) is 12.7. The Kier molecular flexibility index (Phi) is 18.9. The molecule has 72 heavy (non-hydrogen) atoms. The Morgan fingerprint density at radius 3 is 1.07 bits per heavy atom. The molecule has 1 N–H and O–H groups in total. The van der Waals surface area contributed by atoms with Gasteiger partial charge < -0.3 is 52.5 Å². The summed E-state index contributed by atoms with van der Waals surface area (Å²) in [5.74, 6) is -2.06. The van der Waals surface area contributed by atoms with E-state index in [0.29, 0.717) is 13.2 Å². The average molecular weight is 973 g/mol. The molecule has 0 bridgehead atoms. The summed E-state index contributed by atoms with van der Waals surface area (Å²) in [6.45, 7) is 1.66. The molecular formula is C61H64O11. The van der Waals surface area contributed by atoms with E-state index in [9.17, 15) is 5.11 Å². The predicted molar refractivity (Wildman–Crippen MR) is 272 cm³/mol. The third kappa shape index (κ3) is 14.6. The van der Waals surface area contributed by atoms with Gasteiger partial charge in [0.1, 0.15) is 49.3 Å². The van der Waals surface area contributed by atoms with Crippen LogP contribution in [0.2, 0.25) is 0 Å². The van der Waals surface area contributed by atoms with Gasteiger partial charge in [-0.3, -0.25) is 0 Å². The van der Waals surface area contributed by atoms with Crippen molar-refractivity contribution in [2.75, 3.05) is 19.8 Å². The minimum Gasteiger partial charge on any atom is -0.374 e. The lowest BCUT2D eigenvalue weighted by molar-refractivity contribution is -0.360. The fourth-order valence-corrected chi connectivity index (χ4v) is 9.00. The van der Waals surface area contributed by atoms with Crippen LogP contribution in [0, 0.1) is 0 Å². The smallest absolute Gasteiger partial charge is 0.219 e. The van der Waals surface area contributed by atoms with Crippen LogP contribution in [-0.2, 0) is 93.6 Å². The maximum absolute atomic E-state index is 13.0. The molecule has 0 saturated carbocycles. The van der Waals surface area contributed by atoms with Crippen molar-refractivity contribution in [1.29, 1.82) is 0 Å². The SMILES string of the molecule is O[C@@]1(COCc2ccccc2)O[C@H](COCc2ccccc2)[C@H](OCc2ccccc2)C1O[C@@H]1O[C@@H](COCc2ccccc2)[C@H](OCc2ccccc2)[C@@H](OCc2ccccc2)[C@@H]1OCc1ccccc1. The van der Waals surface area contributed by atoms with Crippen molar-refractivity contribution >= 4 is 0 Å². The van der Waals surface area contributed by atoms with Gasteiger partial charge in [-0.2, -0.15) is 0 Å². The minimum atomic E-state index is -2.06. The van der Waals surface area contributed by atoms with E-state index >= 15 is 0 Å². The zero-order valence-corrected chi connectivity index (χ0v) is 40.4. The van der Waals surface area contributed by atoms with Crippen LogP contribution in [0.1, 0.15) is 38.9 Å². The van der Waals surface area contributed by atoms with Crippen LogP contribution in [0.25, 0.3) is 0 Å². The Balaban J connectivity index is 1.08. The van der Waals surface area contributed by atoms with Crippen LogP contribution in [0.5, 0.6) is 0 Å². The lowest BCUT2D eigenvalue weighted by Crippen LogP contribution is -2.64. The monoisotopic (exact) mass is 972 g/mol. The Labute approximate surface area is 423 Å². The van der Waals surface area contributed by atoms with Crippen molar-refractivity contribution in [3.8, 4) is 0 Å². The van der Waals surface area contributed by atoms with Gasteiger partial charge in [0.05, 0.1) is 59.5 Å². The fourth-order valence-electron chi connectivity index (χ4n) is 9.00. The molecule has 0 aliphatic carbocycles. The molecule has 2 fully saturated rings. The van der Waals surface area contributed by atoms with Gasteiger partial charge in [-0.15, -0.1) is 0 Å². The Morgan fingerprint density at radius 1 is 0.347 bits per heavy atom. The molecule has 2 heterocycles. The molecule has 7 aromatic carbocycles. The van der Waals surface area contributed by atoms with E-state index in [1.54, 1.807) is 0 Å². The zero-order chi connectivity index (χ0) is 49.1. The van der Waals surface area contributed by atoms with Gasteiger partial charge in [0.15, 0.2) is 6.29 Å². The highest BCUT2D eigenvalue weighted by molar-refractivity contribution is 5.19. The van der Waals surface area contributed by atoms with Gasteiger partial charge in [-0.1, -0.05) is 212 Å². The molecule has 0 spiro atoms. The van der Waals surface area contributed by atoms with Crippen molar-refractivity contribution in [1.82, 2.24) is 0 Å². The van der Waals surface area contributed by atoms with E-state index in [1.165, 1.54) is 0 Å². The first kappa shape index (κ1) is 51.0. The second-order valence-electron chi connectivity index (χ2n) is 18.1. The Hall–Kier alpha value is -5.90. The summed E-state index contributed by atoms with van der Waals surface area (Å²) < 4.78 is 68.1. The standard InChI is InChI=1S/C61H64O11/c62-61(45-65-38-48-26-12-3-13-27-48)59(56(67-40-50-30-16-5-17-31-50)54(72-61)44-64-37-47-24-10-2-11-25-47)71-60-58(69-42-52-34-20-7-21-35-52)57(68-41-51-32-18-6-19-33-51)55(66-39-49-28-14-4-15-29-49)53(70-60)43-63-36-46-22-8-1-9-23-46/h1-35,53-60,62H,36-45H2/t53-,54+,55-,56-,57+,58-,59?,60-,61-/m0/s1. The van der Waals surface area contributed by atoms with Gasteiger partial charge in [0.2, 0.25) is 5.79 Å². The minimum absolute atomic E-state index is 0.0723. The second-order valence-corrected chi connectivity index (χ2v) is 18.1. The quantitative estimate of drug-likeness (QED) is 0.0560. The van der Waals surface area contributed by atoms with Crippen molar-refractivity contribution in [3.05, 3.63) is 251 Å². The molecule has 11 nitrogen and oxygen atoms in total. The molecule has 2 aliphatic rings. The molecule has 7 aromatic rings. The molecule has 9 rings (SSSR count). The van der Waals surface area contributed by atoms with Crippen molar-refractivity contribution in [2.24, 2.45) is 0 Å². The molecule has 0 aromatic heterocycles. The number of hydrogen-bond donors (Lipinski definition) is 1. The highest BCUT2D eigenvalue weighted by Crippen LogP contribution is 2.40. The normalized spacial score (nSPS) is 24.0. The van der Waals surface area contributed by atoms with Crippen LogP contribution >= 0.6 is 0 Å². The number of benzene rings is 7. The van der Waals surface area contributed by atoms with Gasteiger partial charge in [-0.05, 0) is 38.9 Å². The summed E-state index contributed by atoms with van der Waals surface area (Å²) >= 11 is 0. The summed E-state index contributed by atoms with van der Waals surface area (Å²) in [6.07, 6.45) is -7.31. The molecule has 1 unspecified atom stereocenters. The highest BCUT2D eigenvalue weighted by Gasteiger charge is 2.59. The topological polar surface area (TPSA) is 113 Å². The first-order chi connectivity index (χ1) is 35.6. The van der Waals surface area contributed by atoms with E-state index < -0.39 is 54.8 Å². The van der Waals surface area contributed by atoms with E-state index in [2.05, 4.69) is 0 Å². The molecule has 2 saturated heterocycles. The van der Waals surface area contributed by atoms with Crippen LogP contribution in [-0.4, -0.2) is 79.7 Å². The molecular weight excluding hydrogens is 909 g/mol. The average Bonchev–Trinajstić information content (AvgIpc) is 3.69. The van der Waals surface area contributed by atoms with E-state index in [4.69, 9.17) is 47.4 Å². The zero-order valence-electron chi connectivity index (χ0n) is 40.4. The lowest BCUT2D eigenvalue weighted by atomic mass is 9.97. The van der Waals surface area contributed by atoms with Gasteiger partial charge in [-0.25, -0.2) is 0 Å². The lowest BCUT2D eigenvalue weighted by Gasteiger charge is -2.47. The van der Waals surface area contributed by atoms with E-state index in [1.807, 2.05) is 212 Å². The summed E-state index contributed by atoms with van der Waals surface area (Å²) in [7, 11) is 0. The number of ether oxygens (including phenoxy) is 10. The second kappa shape index (κ2) is 26.7. The molecule has 0 radical (unpaired) electrons. The Morgan fingerprint density at radius 2 is 0.667 bits per heavy atom. The van der Waals surface area contributed by atoms with E-state index in [0.717, 1.165) is 38.9 Å². The molecule has 0 amide bonds. The Bertz CT molecular complexity index is 2560. The molecule has 2 aliphatic heterocycles. The summed E-state index contributed by atoms with van der Waals surface area (Å²) in [5.41, 5.74) is 6.73. The van der Waals surface area contributed by atoms with Crippen LogP contribution in [0.15, 0.2) is 212 Å². The van der Waals surface area contributed by atoms with E-state index in [-0.39, 0.29) is 52.9 Å². The largest absolute Gasteiger partial charge is 0.374 e. The van der Waals surface area contributed by atoms with Crippen molar-refractivity contribution < 1.29 is 52.5 Å². The van der Waals surface area contributed by atoms with Crippen LogP contribution in [0.4, 0.5) is 0 Å². The predicted octanol–water partition coefficient (Wildman–Crippen LogP) is 10.2. The number of hydrogen-bond acceptors (Lipinski definition) is 11. The first-order valence-corrected chi connectivity index (χ1v) is 24.7. The molecule has 9 atom stereocenters. The molecule has 11 heteroatoms. The first-order valence-electron chi connectivity index (χ1n) is 24.7. The highest BCUT2D eigenvalue weighted by atomic mass is 16.8. The van der Waals surface area contributed by atoms with Gasteiger partial charge >= 0.3 is 0 Å². The maximum atomic E-state index is 13.0. The van der Waals surface area contributed by atoms with Gasteiger partial charge in [0, 0.05) is 0 Å². The fraction of sp³-hybridized carbons (Fsp3) is 0.311. The number of aliphatic hydroxyl groups is 1. The third-order valence-corrected chi connectivity index (χ3v) is 12.7. The molecule has 374 valence electrons. The number of rotatable bonds is 26. The maximum Gasteiger partial charge on any atom is 0.219 e. The summed E-state index contributed by atoms with van der Waals surface area (Å²) in [6, 6.07) is 69.4. The van der Waals surface area contributed by atoms with Gasteiger partial charge in [0.25, 0.3) is 0 Å². The summed E-state index contributed by atoms with van der Waals surface area (Å²) in [5, 5.41) is 13.0. The van der Waals surface area contributed by atoms with Crippen LogP contribution in [0.3, 0.4) is 0 Å². The summed E-state index contributed by atoms with van der Waals surface area (Å²) in [4.78, 5) is 0. The van der Waals surface area contributed by atoms with Crippen molar-refractivity contribution in [3.63, 3.8) is 0 Å².